The molecular formula is C18H27N3O2. The maximum absolute atomic E-state index is 11.7. The first-order valence-corrected chi connectivity index (χ1v) is 8.23. The van der Waals surface area contributed by atoms with Crippen molar-refractivity contribution in [1.82, 2.24) is 9.88 Å². The van der Waals surface area contributed by atoms with Gasteiger partial charge in [0.05, 0.1) is 0 Å². The molecule has 1 fully saturated rings. The third-order valence-corrected chi connectivity index (χ3v) is 3.73. The second-order valence-electron chi connectivity index (χ2n) is 6.84. The van der Waals surface area contributed by atoms with E-state index in [0.29, 0.717) is 5.82 Å². The van der Waals surface area contributed by atoms with E-state index in [1.807, 2.05) is 26.8 Å². The maximum Gasteiger partial charge on any atom is 0.413 e. The second-order valence-corrected chi connectivity index (χ2v) is 6.84. The Bertz CT molecular complexity index is 549. The van der Waals surface area contributed by atoms with E-state index in [1.54, 1.807) is 12.3 Å². The van der Waals surface area contributed by atoms with Gasteiger partial charge in [-0.05, 0) is 57.9 Å². The van der Waals surface area contributed by atoms with Gasteiger partial charge in [-0.1, -0.05) is 18.6 Å². The summed E-state index contributed by atoms with van der Waals surface area (Å²) in [6, 6.07) is 3.77. The van der Waals surface area contributed by atoms with Crippen molar-refractivity contribution < 1.29 is 9.53 Å². The Morgan fingerprint density at radius 2 is 2.04 bits per heavy atom. The van der Waals surface area contributed by atoms with Crippen molar-refractivity contribution in [3.8, 4) is 0 Å². The maximum atomic E-state index is 11.7. The summed E-state index contributed by atoms with van der Waals surface area (Å²) in [7, 11) is 0. The molecule has 0 bridgehead atoms. The molecule has 5 heteroatoms. The monoisotopic (exact) mass is 317 g/mol. The molecule has 1 aliphatic rings. The predicted octanol–water partition coefficient (Wildman–Crippen LogP) is 3.93. The fourth-order valence-corrected chi connectivity index (χ4v) is 2.51. The fraction of sp³-hybridized carbons (Fsp3) is 0.556. The van der Waals surface area contributed by atoms with Gasteiger partial charge < -0.3 is 9.64 Å². The summed E-state index contributed by atoms with van der Waals surface area (Å²) in [5.41, 5.74) is 2.02. The number of rotatable bonds is 3. The van der Waals surface area contributed by atoms with Gasteiger partial charge in [-0.3, -0.25) is 5.32 Å². The third-order valence-electron chi connectivity index (χ3n) is 3.73. The average Bonchev–Trinajstić information content (AvgIpc) is 2.48. The lowest BCUT2D eigenvalue weighted by Crippen LogP contribution is -2.30. The van der Waals surface area contributed by atoms with E-state index in [4.69, 9.17) is 4.74 Å². The number of ether oxygens (including phenoxy) is 1. The van der Waals surface area contributed by atoms with Crippen LogP contribution in [-0.4, -0.2) is 41.2 Å². The Balaban J connectivity index is 1.91. The number of piperidine rings is 1. The minimum absolute atomic E-state index is 0.483. The first-order chi connectivity index (χ1) is 10.9. The largest absolute Gasteiger partial charge is 0.444 e. The molecule has 0 saturated carbocycles. The van der Waals surface area contributed by atoms with E-state index in [2.05, 4.69) is 28.2 Å². The number of pyridine rings is 1. The molecule has 1 aliphatic heterocycles. The zero-order valence-electron chi connectivity index (χ0n) is 14.6. The van der Waals surface area contributed by atoms with Crippen molar-refractivity contribution >= 4 is 18.0 Å². The van der Waals surface area contributed by atoms with Crippen LogP contribution in [0.15, 0.2) is 23.9 Å². The highest BCUT2D eigenvalue weighted by Crippen LogP contribution is 2.19. The van der Waals surface area contributed by atoms with Crippen LogP contribution in [-0.2, 0) is 4.74 Å². The molecule has 0 radical (unpaired) electrons. The van der Waals surface area contributed by atoms with Crippen LogP contribution in [0.1, 0.15) is 46.1 Å². The van der Waals surface area contributed by atoms with Gasteiger partial charge in [0.15, 0.2) is 0 Å². The van der Waals surface area contributed by atoms with E-state index in [9.17, 15) is 4.79 Å². The molecule has 23 heavy (non-hydrogen) atoms. The predicted molar refractivity (Wildman–Crippen MR) is 93.4 cm³/mol. The summed E-state index contributed by atoms with van der Waals surface area (Å²) < 4.78 is 5.21. The lowest BCUT2D eigenvalue weighted by atomic mass is 10.0. The Kier molecular flexibility index (Phi) is 5.77. The van der Waals surface area contributed by atoms with E-state index in [0.717, 1.165) is 38.0 Å². The number of likely N-dealkylation sites (tertiary alicyclic amines) is 1. The minimum Gasteiger partial charge on any atom is -0.444 e. The van der Waals surface area contributed by atoms with Gasteiger partial charge in [0, 0.05) is 19.3 Å². The molecule has 1 amide bonds. The molecule has 1 N–H and O–H groups in total. The second kappa shape index (κ2) is 7.59. The summed E-state index contributed by atoms with van der Waals surface area (Å²) in [5, 5.41) is 2.64. The van der Waals surface area contributed by atoms with Gasteiger partial charge in [-0.2, -0.15) is 0 Å². The molecule has 0 atom stereocenters. The Morgan fingerprint density at radius 3 is 2.57 bits per heavy atom. The van der Waals surface area contributed by atoms with Crippen LogP contribution in [0.2, 0.25) is 0 Å². The van der Waals surface area contributed by atoms with Crippen molar-refractivity contribution in [3.63, 3.8) is 0 Å². The summed E-state index contributed by atoms with van der Waals surface area (Å²) in [6.45, 7) is 11.1. The van der Waals surface area contributed by atoms with Crippen molar-refractivity contribution in [2.75, 3.05) is 25.0 Å². The number of hydrogen-bond donors (Lipinski definition) is 1. The van der Waals surface area contributed by atoms with Crippen molar-refractivity contribution in [2.24, 2.45) is 0 Å². The number of carbonyl (C=O) groups excluding carboxylic acids is 1. The van der Waals surface area contributed by atoms with Crippen LogP contribution in [0, 0.1) is 0 Å². The van der Waals surface area contributed by atoms with Crippen molar-refractivity contribution in [1.29, 1.82) is 0 Å². The molecule has 0 aromatic carbocycles. The van der Waals surface area contributed by atoms with Gasteiger partial charge in [0.25, 0.3) is 0 Å². The Morgan fingerprint density at radius 1 is 1.35 bits per heavy atom. The molecule has 5 nitrogen and oxygen atoms in total. The lowest BCUT2D eigenvalue weighted by molar-refractivity contribution is 0.0635. The van der Waals surface area contributed by atoms with E-state index in [-0.39, 0.29) is 0 Å². The molecule has 0 aliphatic carbocycles. The molecule has 1 aromatic heterocycles. The van der Waals surface area contributed by atoms with Crippen LogP contribution in [0.25, 0.3) is 6.08 Å². The molecular weight excluding hydrogens is 290 g/mol. The van der Waals surface area contributed by atoms with E-state index >= 15 is 0 Å². The summed E-state index contributed by atoms with van der Waals surface area (Å²) in [5.74, 6) is 0.502. The summed E-state index contributed by atoms with van der Waals surface area (Å²) in [4.78, 5) is 18.4. The topological polar surface area (TPSA) is 54.5 Å². The molecule has 0 spiro atoms. The minimum atomic E-state index is -0.512. The molecule has 1 saturated heterocycles. The van der Waals surface area contributed by atoms with Crippen LogP contribution >= 0.6 is 0 Å². The van der Waals surface area contributed by atoms with Gasteiger partial charge >= 0.3 is 6.09 Å². The van der Waals surface area contributed by atoms with Gasteiger partial charge in [-0.25, -0.2) is 9.78 Å². The van der Waals surface area contributed by atoms with Gasteiger partial charge in [-0.15, -0.1) is 0 Å². The standard InChI is InChI=1S/C18H27N3O2/c1-5-21-10-8-14(9-11-21)12-15-6-7-16(19-13-15)20-17(22)23-18(2,3)4/h6-7,12-13H,5,8-11H2,1-4H3,(H,19,20,22). The normalized spacial score (nSPS) is 16.1. The average molecular weight is 317 g/mol. The van der Waals surface area contributed by atoms with E-state index in [1.165, 1.54) is 5.57 Å². The SMILES string of the molecule is CCN1CCC(=Cc2ccc(NC(=O)OC(C)(C)C)nc2)CC1. The Labute approximate surface area is 138 Å². The molecule has 2 heterocycles. The summed E-state index contributed by atoms with van der Waals surface area (Å²) in [6.07, 6.45) is 5.74. The third kappa shape index (κ3) is 6.02. The van der Waals surface area contributed by atoms with Crippen LogP contribution in [0.5, 0.6) is 0 Å². The number of aromatic nitrogens is 1. The molecule has 126 valence electrons. The van der Waals surface area contributed by atoms with Crippen LogP contribution in [0.4, 0.5) is 10.6 Å². The highest BCUT2D eigenvalue weighted by molar-refractivity contribution is 5.83. The quantitative estimate of drug-likeness (QED) is 0.918. The zero-order valence-corrected chi connectivity index (χ0v) is 14.6. The zero-order chi connectivity index (χ0) is 16.9. The van der Waals surface area contributed by atoms with Crippen LogP contribution < -0.4 is 5.32 Å². The van der Waals surface area contributed by atoms with Gasteiger partial charge in [0.1, 0.15) is 11.4 Å². The first-order valence-electron chi connectivity index (χ1n) is 8.23. The van der Waals surface area contributed by atoms with Gasteiger partial charge in [0.2, 0.25) is 0 Å². The summed E-state index contributed by atoms with van der Waals surface area (Å²) >= 11 is 0. The van der Waals surface area contributed by atoms with Crippen molar-refractivity contribution in [3.05, 3.63) is 29.5 Å². The van der Waals surface area contributed by atoms with Crippen molar-refractivity contribution in [2.45, 2.75) is 46.1 Å². The smallest absolute Gasteiger partial charge is 0.413 e. The Hall–Kier alpha value is -1.88. The molecule has 2 rings (SSSR count). The molecule has 1 aromatic rings. The number of hydrogen-bond acceptors (Lipinski definition) is 4. The highest BCUT2D eigenvalue weighted by Gasteiger charge is 2.16. The lowest BCUT2D eigenvalue weighted by Gasteiger charge is -2.26. The highest BCUT2D eigenvalue weighted by atomic mass is 16.6. The number of anilines is 1. The fourth-order valence-electron chi connectivity index (χ4n) is 2.51. The van der Waals surface area contributed by atoms with E-state index < -0.39 is 11.7 Å². The number of nitrogens with zero attached hydrogens (tertiary/aromatic N) is 2. The van der Waals surface area contributed by atoms with Crippen LogP contribution in [0.3, 0.4) is 0 Å². The number of nitrogens with one attached hydrogen (secondary N) is 1. The number of carbonyl (C=O) groups is 1. The molecule has 0 unspecified atom stereocenters. The number of amides is 1. The first kappa shape index (κ1) is 17.5.